The largest absolute Gasteiger partial charge is 0.350 e. The maximum atomic E-state index is 12.6. The predicted octanol–water partition coefficient (Wildman–Crippen LogP) is 4.85. The minimum atomic E-state index is -0.0602. The lowest BCUT2D eigenvalue weighted by Crippen LogP contribution is -2.30. The highest BCUT2D eigenvalue weighted by atomic mass is 35.5. The van der Waals surface area contributed by atoms with Crippen molar-refractivity contribution in [3.05, 3.63) is 81.1 Å². The van der Waals surface area contributed by atoms with Crippen molar-refractivity contribution in [2.45, 2.75) is 40.2 Å². The summed E-state index contributed by atoms with van der Waals surface area (Å²) in [6.45, 7) is 7.91. The van der Waals surface area contributed by atoms with Crippen LogP contribution < -0.4 is 5.32 Å². The summed E-state index contributed by atoms with van der Waals surface area (Å²) in [6, 6.07) is 13.3. The number of rotatable bonds is 5. The second-order valence-corrected chi connectivity index (χ2v) is 7.74. The van der Waals surface area contributed by atoms with Gasteiger partial charge in [-0.3, -0.25) is 4.79 Å². The normalized spacial score (nSPS) is 10.8. The van der Waals surface area contributed by atoms with Crippen LogP contribution in [-0.2, 0) is 6.42 Å². The van der Waals surface area contributed by atoms with E-state index in [1.165, 1.54) is 0 Å². The van der Waals surface area contributed by atoms with Gasteiger partial charge in [0.15, 0.2) is 0 Å². The third-order valence-corrected chi connectivity index (χ3v) is 5.16. The van der Waals surface area contributed by atoms with Crippen LogP contribution in [0.2, 0.25) is 5.02 Å². The SMILES string of the molecule is C#Cc1ccc(-n2nc(C)c(Cc3ccccc3C(=O)NC(C)C)c2C)cc1Cl. The van der Waals surface area contributed by atoms with E-state index in [2.05, 4.69) is 11.2 Å². The Bertz CT molecular complexity index is 1110. The van der Waals surface area contributed by atoms with Crippen LogP contribution >= 0.6 is 11.6 Å². The average Bonchev–Trinajstić information content (AvgIpc) is 2.96. The van der Waals surface area contributed by atoms with Crippen LogP contribution in [0.5, 0.6) is 0 Å². The Kier molecular flexibility index (Phi) is 6.10. The lowest BCUT2D eigenvalue weighted by molar-refractivity contribution is 0.0942. The molecule has 0 radical (unpaired) electrons. The smallest absolute Gasteiger partial charge is 0.251 e. The summed E-state index contributed by atoms with van der Waals surface area (Å²) in [5.41, 5.74) is 6.18. The topological polar surface area (TPSA) is 46.9 Å². The lowest BCUT2D eigenvalue weighted by atomic mass is 9.98. The quantitative estimate of drug-likeness (QED) is 0.616. The fourth-order valence-electron chi connectivity index (χ4n) is 3.36. The number of benzene rings is 2. The molecule has 1 heterocycles. The number of hydrogen-bond acceptors (Lipinski definition) is 2. The number of carbonyl (C=O) groups is 1. The molecule has 0 spiro atoms. The number of aromatic nitrogens is 2. The Morgan fingerprint density at radius 1 is 1.24 bits per heavy atom. The van der Waals surface area contributed by atoms with Crippen molar-refractivity contribution >= 4 is 17.5 Å². The molecule has 2 aromatic carbocycles. The molecule has 0 aliphatic rings. The van der Waals surface area contributed by atoms with Crippen molar-refractivity contribution in [3.63, 3.8) is 0 Å². The minimum Gasteiger partial charge on any atom is -0.350 e. The van der Waals surface area contributed by atoms with Crippen molar-refractivity contribution < 1.29 is 4.79 Å². The molecule has 1 N–H and O–H groups in total. The summed E-state index contributed by atoms with van der Waals surface area (Å²) in [5.74, 6) is 2.51. The highest BCUT2D eigenvalue weighted by molar-refractivity contribution is 6.31. The molecule has 1 amide bonds. The van der Waals surface area contributed by atoms with E-state index in [0.717, 1.165) is 28.2 Å². The molecule has 0 unspecified atom stereocenters. The average molecular weight is 406 g/mol. The third kappa shape index (κ3) is 4.36. The molecule has 0 saturated heterocycles. The Labute approximate surface area is 176 Å². The molecule has 5 heteroatoms. The molecule has 3 aromatic rings. The van der Waals surface area contributed by atoms with E-state index in [4.69, 9.17) is 23.1 Å². The molecule has 3 rings (SSSR count). The molecule has 148 valence electrons. The van der Waals surface area contributed by atoms with Crippen molar-refractivity contribution in [1.29, 1.82) is 0 Å². The molecule has 0 atom stereocenters. The van der Waals surface area contributed by atoms with Gasteiger partial charge in [0.1, 0.15) is 0 Å². The second-order valence-electron chi connectivity index (χ2n) is 7.33. The first-order valence-electron chi connectivity index (χ1n) is 9.52. The van der Waals surface area contributed by atoms with Gasteiger partial charge >= 0.3 is 0 Å². The first-order valence-corrected chi connectivity index (χ1v) is 9.90. The standard InChI is InChI=1S/C24H24ClN3O/c1-6-18-11-12-20(14-23(18)25)28-17(5)22(16(4)27-28)13-19-9-7-8-10-21(19)24(29)26-15(2)3/h1,7-12,14-15H,13H2,2-5H3,(H,26,29). The van der Waals surface area contributed by atoms with Crippen molar-refractivity contribution in [2.24, 2.45) is 0 Å². The predicted molar refractivity (Wildman–Crippen MR) is 118 cm³/mol. The number of halogens is 1. The first kappa shape index (κ1) is 20.7. The minimum absolute atomic E-state index is 0.0602. The van der Waals surface area contributed by atoms with E-state index >= 15 is 0 Å². The van der Waals surface area contributed by atoms with Crippen LogP contribution in [0.25, 0.3) is 5.69 Å². The number of nitrogens with one attached hydrogen (secondary N) is 1. The summed E-state index contributed by atoms with van der Waals surface area (Å²) in [4.78, 5) is 12.6. The van der Waals surface area contributed by atoms with Crippen LogP contribution in [0.15, 0.2) is 42.5 Å². The number of amides is 1. The number of hydrogen-bond donors (Lipinski definition) is 1. The van der Waals surface area contributed by atoms with Crippen molar-refractivity contribution in [3.8, 4) is 18.0 Å². The number of carbonyl (C=O) groups excluding carboxylic acids is 1. The summed E-state index contributed by atoms with van der Waals surface area (Å²) < 4.78 is 1.87. The van der Waals surface area contributed by atoms with E-state index in [9.17, 15) is 4.79 Å². The van der Waals surface area contributed by atoms with E-state index in [1.54, 1.807) is 0 Å². The number of nitrogens with zero attached hydrogens (tertiary/aromatic N) is 2. The zero-order valence-electron chi connectivity index (χ0n) is 17.1. The van der Waals surface area contributed by atoms with Crippen LogP contribution in [0, 0.1) is 26.2 Å². The van der Waals surface area contributed by atoms with E-state index < -0.39 is 0 Å². The molecule has 1 aromatic heterocycles. The number of terminal acetylenes is 1. The van der Waals surface area contributed by atoms with Gasteiger partial charge in [-0.1, -0.05) is 35.7 Å². The third-order valence-electron chi connectivity index (χ3n) is 4.84. The summed E-state index contributed by atoms with van der Waals surface area (Å²) in [6.07, 6.45) is 6.08. The highest BCUT2D eigenvalue weighted by Gasteiger charge is 2.18. The molecule has 0 bridgehead atoms. The van der Waals surface area contributed by atoms with Crippen LogP contribution in [-0.4, -0.2) is 21.7 Å². The van der Waals surface area contributed by atoms with Crippen LogP contribution in [0.4, 0.5) is 0 Å². The molecule has 0 fully saturated rings. The molecule has 0 aliphatic carbocycles. The van der Waals surface area contributed by atoms with Crippen molar-refractivity contribution in [2.75, 3.05) is 0 Å². The number of aryl methyl sites for hydroxylation is 1. The zero-order valence-corrected chi connectivity index (χ0v) is 17.8. The summed E-state index contributed by atoms with van der Waals surface area (Å²) >= 11 is 6.28. The van der Waals surface area contributed by atoms with Gasteiger partial charge in [-0.15, -0.1) is 6.42 Å². The van der Waals surface area contributed by atoms with Gasteiger partial charge in [-0.05, 0) is 57.5 Å². The van der Waals surface area contributed by atoms with E-state index in [0.29, 0.717) is 22.6 Å². The Morgan fingerprint density at radius 2 is 1.97 bits per heavy atom. The van der Waals surface area contributed by atoms with Gasteiger partial charge in [-0.2, -0.15) is 5.10 Å². The summed E-state index contributed by atoms with van der Waals surface area (Å²) in [5, 5.41) is 8.20. The monoisotopic (exact) mass is 405 g/mol. The molecule has 0 aliphatic heterocycles. The van der Waals surface area contributed by atoms with Gasteiger partial charge in [0.2, 0.25) is 0 Å². The maximum Gasteiger partial charge on any atom is 0.251 e. The van der Waals surface area contributed by atoms with Crippen LogP contribution in [0.3, 0.4) is 0 Å². The highest BCUT2D eigenvalue weighted by Crippen LogP contribution is 2.25. The fourth-order valence-corrected chi connectivity index (χ4v) is 3.59. The van der Waals surface area contributed by atoms with E-state index in [1.807, 2.05) is 74.8 Å². The van der Waals surface area contributed by atoms with Gasteiger partial charge in [0.05, 0.1) is 16.4 Å². The Hall–Kier alpha value is -3.03. The molecular weight excluding hydrogens is 382 g/mol. The Morgan fingerprint density at radius 3 is 2.62 bits per heavy atom. The zero-order chi connectivity index (χ0) is 21.1. The van der Waals surface area contributed by atoms with Gasteiger partial charge in [0, 0.05) is 34.8 Å². The van der Waals surface area contributed by atoms with Gasteiger partial charge in [-0.25, -0.2) is 4.68 Å². The first-order chi connectivity index (χ1) is 13.8. The Balaban J connectivity index is 1.98. The van der Waals surface area contributed by atoms with Crippen LogP contribution in [0.1, 0.15) is 52.3 Å². The molecule has 29 heavy (non-hydrogen) atoms. The summed E-state index contributed by atoms with van der Waals surface area (Å²) in [7, 11) is 0. The maximum absolute atomic E-state index is 12.6. The molecular formula is C24H24ClN3O. The van der Waals surface area contributed by atoms with Crippen molar-refractivity contribution in [1.82, 2.24) is 15.1 Å². The van der Waals surface area contributed by atoms with E-state index in [-0.39, 0.29) is 11.9 Å². The molecule has 0 saturated carbocycles. The van der Waals surface area contributed by atoms with Gasteiger partial charge < -0.3 is 5.32 Å². The lowest BCUT2D eigenvalue weighted by Gasteiger charge is -2.13. The second kappa shape index (κ2) is 8.55. The van der Waals surface area contributed by atoms with Gasteiger partial charge in [0.25, 0.3) is 5.91 Å². The molecule has 4 nitrogen and oxygen atoms in total. The fraction of sp³-hybridized carbons (Fsp3) is 0.250.